The summed E-state index contributed by atoms with van der Waals surface area (Å²) in [6.07, 6.45) is 19.0. The van der Waals surface area contributed by atoms with Crippen molar-refractivity contribution in [1.82, 2.24) is 10.2 Å². The summed E-state index contributed by atoms with van der Waals surface area (Å²) in [6, 6.07) is 16.5. The Morgan fingerprint density at radius 1 is 1.07 bits per heavy atom. The zero-order chi connectivity index (χ0) is 28.3. The lowest BCUT2D eigenvalue weighted by Crippen LogP contribution is -2.35. The molecule has 2 aliphatic heterocycles. The molecule has 2 aromatic rings. The monoisotopic (exact) mass is 539 g/mol. The van der Waals surface area contributed by atoms with Crippen LogP contribution < -0.4 is 32.5 Å². The number of nitrogens with zero attached hydrogens (tertiary/aromatic N) is 2. The first-order valence-corrected chi connectivity index (χ1v) is 14.5. The zero-order valence-corrected chi connectivity index (χ0v) is 24.1. The molecule has 2 heterocycles. The number of benzene rings is 2. The van der Waals surface area contributed by atoms with E-state index < -0.39 is 0 Å². The smallest absolute Gasteiger partial charge is 0.142 e. The maximum Gasteiger partial charge on any atom is 0.142 e. The molecule has 7 heteroatoms. The van der Waals surface area contributed by atoms with E-state index in [9.17, 15) is 0 Å². The zero-order valence-electron chi connectivity index (χ0n) is 24.1. The highest BCUT2D eigenvalue weighted by Crippen LogP contribution is 2.41. The highest BCUT2D eigenvalue weighted by Gasteiger charge is 2.30. The van der Waals surface area contributed by atoms with E-state index in [-0.39, 0.29) is 6.17 Å². The Hall–Kier alpha value is -4.10. The van der Waals surface area contributed by atoms with E-state index in [1.54, 1.807) is 6.20 Å². The van der Waals surface area contributed by atoms with Gasteiger partial charge >= 0.3 is 0 Å². The summed E-state index contributed by atoms with van der Waals surface area (Å²) in [5, 5.41) is 12.6. The van der Waals surface area contributed by atoms with Crippen LogP contribution in [0.25, 0.3) is 0 Å². The Morgan fingerprint density at radius 2 is 1.85 bits per heavy atom. The summed E-state index contributed by atoms with van der Waals surface area (Å²) in [5.41, 5.74) is 12.2. The number of nitrogens with two attached hydrogens (primary N) is 2. The third-order valence-electron chi connectivity index (χ3n) is 7.60. The third kappa shape index (κ3) is 6.72. The summed E-state index contributed by atoms with van der Waals surface area (Å²) in [4.78, 5) is 2.35. The van der Waals surface area contributed by atoms with Crippen molar-refractivity contribution in [2.24, 2.45) is 23.4 Å². The van der Waals surface area contributed by atoms with Crippen LogP contribution in [-0.2, 0) is 0 Å². The number of likely N-dealkylation sites (N-methyl/N-ethyl adjacent to an activating group) is 1. The number of anilines is 3. The molecule has 0 amide bonds. The predicted octanol–water partition coefficient (Wildman–Crippen LogP) is 5.84. The topological polar surface area (TPSA) is 94.6 Å². The molecule has 2 aromatic carbocycles. The van der Waals surface area contributed by atoms with E-state index in [0.717, 1.165) is 42.3 Å². The van der Waals surface area contributed by atoms with Gasteiger partial charge in [-0.25, -0.2) is 5.84 Å². The minimum absolute atomic E-state index is 0.120. The molecule has 1 aliphatic carbocycles. The maximum absolute atomic E-state index is 6.50. The van der Waals surface area contributed by atoms with Gasteiger partial charge in [0.2, 0.25) is 0 Å². The first-order valence-electron chi connectivity index (χ1n) is 14.5. The van der Waals surface area contributed by atoms with Crippen LogP contribution in [0.3, 0.4) is 0 Å². The van der Waals surface area contributed by atoms with Gasteiger partial charge in [-0.3, -0.25) is 5.01 Å². The fourth-order valence-corrected chi connectivity index (χ4v) is 5.31. The second-order valence-electron chi connectivity index (χ2n) is 10.0. The van der Waals surface area contributed by atoms with Crippen LogP contribution in [0.2, 0.25) is 0 Å². The number of fused-ring (bicyclic) bond motifs is 1. The van der Waals surface area contributed by atoms with E-state index >= 15 is 0 Å². The molecule has 7 N–H and O–H groups in total. The first-order chi connectivity index (χ1) is 19.7. The van der Waals surface area contributed by atoms with Gasteiger partial charge in [0.1, 0.15) is 6.17 Å². The largest absolute Gasteiger partial charge is 0.405 e. The molecule has 212 valence electrons. The Kier molecular flexibility index (Phi) is 10.4. The standard InChI is InChI=1S/C31H39N7.C2H6/c1-37(30(27-13-7-9-19-34-27)22-24-17-16-23(24)10-6-8-18-32)21-20-35-26-12-3-2-11-25(26)31-36-28-14-4-5-15-29(28)38(31)33;1-2/h2-15,18,22-24,31,34-36H,16-17,19-21,32-33H2,1H3;1-2H3/b10-6-,18-8-,30-22-;. The minimum atomic E-state index is -0.120. The molecular formula is C33H45N7. The Morgan fingerprint density at radius 3 is 2.58 bits per heavy atom. The van der Waals surface area contributed by atoms with Gasteiger partial charge in [-0.1, -0.05) is 74.6 Å². The average molecular weight is 540 g/mol. The predicted molar refractivity (Wildman–Crippen MR) is 170 cm³/mol. The second kappa shape index (κ2) is 14.3. The van der Waals surface area contributed by atoms with E-state index in [1.165, 1.54) is 24.2 Å². The summed E-state index contributed by atoms with van der Waals surface area (Å²) in [5.74, 6) is 7.59. The quantitative estimate of drug-likeness (QED) is 0.191. The van der Waals surface area contributed by atoms with Crippen LogP contribution >= 0.6 is 0 Å². The van der Waals surface area contributed by atoms with Gasteiger partial charge in [0.25, 0.3) is 0 Å². The molecule has 1 fully saturated rings. The van der Waals surface area contributed by atoms with Crippen LogP contribution in [0.4, 0.5) is 17.1 Å². The van der Waals surface area contributed by atoms with Gasteiger partial charge < -0.3 is 26.6 Å². The fraction of sp³-hybridized carbons (Fsp3) is 0.333. The summed E-state index contributed by atoms with van der Waals surface area (Å²) in [6.45, 7) is 6.51. The molecule has 40 heavy (non-hydrogen) atoms. The Balaban J connectivity index is 0.00000181. The van der Waals surface area contributed by atoms with Crippen LogP contribution in [-0.4, -0.2) is 31.6 Å². The number of hydrazine groups is 1. The number of hydrogen-bond acceptors (Lipinski definition) is 7. The molecule has 3 aliphatic rings. The SMILES string of the molecule is CC.CN(CCNc1ccccc1C1Nc2ccccc2N1N)/C(=C\C1CCC1/C=C\C=C/N)C1=CC=CCN1. The van der Waals surface area contributed by atoms with Crippen molar-refractivity contribution in [3.05, 3.63) is 114 Å². The lowest BCUT2D eigenvalue weighted by atomic mass is 9.73. The number of allylic oxidation sites excluding steroid dienone is 6. The summed E-state index contributed by atoms with van der Waals surface area (Å²) in [7, 11) is 2.18. The van der Waals surface area contributed by atoms with E-state index in [4.69, 9.17) is 11.6 Å². The van der Waals surface area contributed by atoms with Crippen molar-refractivity contribution < 1.29 is 0 Å². The highest BCUT2D eigenvalue weighted by molar-refractivity contribution is 5.77. The number of hydrogen-bond donors (Lipinski definition) is 5. The number of nitrogens with one attached hydrogen (secondary N) is 3. The highest BCUT2D eigenvalue weighted by atomic mass is 15.5. The molecule has 7 nitrogen and oxygen atoms in total. The van der Waals surface area contributed by atoms with Gasteiger partial charge in [0.05, 0.1) is 22.8 Å². The molecule has 1 saturated carbocycles. The van der Waals surface area contributed by atoms with Gasteiger partial charge in [-0.2, -0.15) is 0 Å². The van der Waals surface area contributed by atoms with Crippen LogP contribution in [0.5, 0.6) is 0 Å². The van der Waals surface area contributed by atoms with Crippen LogP contribution in [0.1, 0.15) is 38.4 Å². The van der Waals surface area contributed by atoms with Crippen molar-refractivity contribution in [3.8, 4) is 0 Å². The van der Waals surface area contributed by atoms with E-state index in [1.807, 2.05) is 43.1 Å². The van der Waals surface area contributed by atoms with Crippen molar-refractivity contribution in [1.29, 1.82) is 0 Å². The molecule has 0 aromatic heterocycles. The minimum Gasteiger partial charge on any atom is -0.405 e. The number of para-hydroxylation sites is 3. The Bertz CT molecular complexity index is 1260. The molecule has 5 rings (SSSR count). The summed E-state index contributed by atoms with van der Waals surface area (Å²) >= 11 is 0. The van der Waals surface area contributed by atoms with E-state index in [0.29, 0.717) is 11.8 Å². The normalized spacial score (nSPS) is 21.6. The fourth-order valence-electron chi connectivity index (χ4n) is 5.31. The molecule has 0 saturated heterocycles. The molecule has 3 unspecified atom stereocenters. The average Bonchev–Trinajstić information content (AvgIpc) is 3.33. The van der Waals surface area contributed by atoms with E-state index in [2.05, 4.69) is 94.7 Å². The molecular weight excluding hydrogens is 494 g/mol. The van der Waals surface area contributed by atoms with Gasteiger partial charge in [-0.05, 0) is 61.2 Å². The molecule has 3 atom stereocenters. The van der Waals surface area contributed by atoms with Crippen LogP contribution in [0.15, 0.2) is 109 Å². The summed E-state index contributed by atoms with van der Waals surface area (Å²) < 4.78 is 0. The van der Waals surface area contributed by atoms with Crippen molar-refractivity contribution in [3.63, 3.8) is 0 Å². The van der Waals surface area contributed by atoms with Gasteiger partial charge in [0, 0.05) is 37.9 Å². The lowest BCUT2D eigenvalue weighted by molar-refractivity contribution is 0.279. The molecule has 0 spiro atoms. The first kappa shape index (κ1) is 28.9. The molecule has 0 radical (unpaired) electrons. The van der Waals surface area contributed by atoms with Crippen molar-refractivity contribution in [2.45, 2.75) is 32.9 Å². The Labute approximate surface area is 240 Å². The maximum atomic E-state index is 6.50. The van der Waals surface area contributed by atoms with Gasteiger partial charge in [0.15, 0.2) is 0 Å². The van der Waals surface area contributed by atoms with Crippen molar-refractivity contribution in [2.75, 3.05) is 42.3 Å². The number of dihydropyridines is 1. The molecule has 0 bridgehead atoms. The number of rotatable bonds is 10. The second-order valence-corrected chi connectivity index (χ2v) is 10.0. The van der Waals surface area contributed by atoms with Gasteiger partial charge in [-0.15, -0.1) is 0 Å². The van der Waals surface area contributed by atoms with Crippen LogP contribution in [0, 0.1) is 11.8 Å². The third-order valence-corrected chi connectivity index (χ3v) is 7.60. The lowest BCUT2D eigenvalue weighted by Gasteiger charge is -2.35. The van der Waals surface area contributed by atoms with Crippen molar-refractivity contribution >= 4 is 17.1 Å².